The Kier molecular flexibility index (Phi) is 3.44. The van der Waals surface area contributed by atoms with Gasteiger partial charge >= 0.3 is 0 Å². The van der Waals surface area contributed by atoms with Crippen LogP contribution in [0.3, 0.4) is 0 Å². The number of carbonyl (C=O) groups is 1. The summed E-state index contributed by atoms with van der Waals surface area (Å²) in [7, 11) is 0. The van der Waals surface area contributed by atoms with E-state index in [1.807, 2.05) is 0 Å². The molecule has 5 atom stereocenters. The number of Topliss-reactive ketones (excluding diaryl/α,β-unsaturated/α-hetero) is 1. The van der Waals surface area contributed by atoms with Crippen molar-refractivity contribution in [2.24, 2.45) is 33.5 Å². The quantitative estimate of drug-likeness (QED) is 0.710. The van der Waals surface area contributed by atoms with Crippen LogP contribution in [0, 0.1) is 33.5 Å². The number of aliphatic hydroxyl groups excluding tert-OH is 1. The maximum atomic E-state index is 11.6. The van der Waals surface area contributed by atoms with E-state index in [0.717, 1.165) is 25.2 Å². The Bertz CT molecular complexity index is 492. The third-order valence-electron chi connectivity index (χ3n) is 9.23. The Balaban J connectivity index is 0.000000131. The lowest BCUT2D eigenvalue weighted by molar-refractivity contribution is -0.128. The molecule has 126 valence electrons. The minimum atomic E-state index is -0.0313. The lowest BCUT2D eigenvalue weighted by atomic mass is 9.70. The molecule has 2 unspecified atom stereocenters. The molecule has 1 N–H and O–H groups in total. The molecular weight excluding hydrogens is 272 g/mol. The molecule has 2 nitrogen and oxygen atoms in total. The highest BCUT2D eigenvalue weighted by Gasteiger charge is 2.61. The van der Waals surface area contributed by atoms with Crippen LogP contribution in [0.2, 0.25) is 0 Å². The molecule has 0 spiro atoms. The van der Waals surface area contributed by atoms with E-state index in [4.69, 9.17) is 0 Å². The van der Waals surface area contributed by atoms with E-state index in [9.17, 15) is 9.90 Å². The second-order valence-electron chi connectivity index (χ2n) is 10.0. The zero-order chi connectivity index (χ0) is 16.6. The minimum Gasteiger partial charge on any atom is -0.393 e. The standard InChI is InChI=1S/C10H18O.C10H16O/c2*1-9(2)7-4-5-10(9,3)8(11)6-7/h7-8,11H,4-6H2,1-3H3;7H,4-6H2,1-3H3/t7-,8+,10-;/m1./s1. The van der Waals surface area contributed by atoms with Crippen molar-refractivity contribution in [1.82, 2.24) is 0 Å². The van der Waals surface area contributed by atoms with Crippen molar-refractivity contribution >= 4 is 5.78 Å². The third-order valence-corrected chi connectivity index (χ3v) is 9.23. The normalized spacial score (nSPS) is 50.1. The highest BCUT2D eigenvalue weighted by atomic mass is 16.3. The van der Waals surface area contributed by atoms with Gasteiger partial charge < -0.3 is 5.11 Å². The first-order chi connectivity index (χ1) is 9.97. The van der Waals surface area contributed by atoms with Crippen molar-refractivity contribution in [2.75, 3.05) is 0 Å². The highest BCUT2D eigenvalue weighted by Crippen LogP contribution is 2.65. The van der Waals surface area contributed by atoms with Crippen LogP contribution in [-0.2, 0) is 4.79 Å². The smallest absolute Gasteiger partial charge is 0.139 e. The van der Waals surface area contributed by atoms with Crippen LogP contribution in [-0.4, -0.2) is 17.0 Å². The van der Waals surface area contributed by atoms with Crippen molar-refractivity contribution < 1.29 is 9.90 Å². The topological polar surface area (TPSA) is 37.3 Å². The van der Waals surface area contributed by atoms with Crippen LogP contribution in [0.15, 0.2) is 0 Å². The van der Waals surface area contributed by atoms with E-state index in [0.29, 0.717) is 17.1 Å². The molecule has 0 heterocycles. The van der Waals surface area contributed by atoms with E-state index in [2.05, 4.69) is 41.5 Å². The summed E-state index contributed by atoms with van der Waals surface area (Å²) < 4.78 is 0. The number of aliphatic hydroxyl groups is 1. The summed E-state index contributed by atoms with van der Waals surface area (Å²) in [5, 5.41) is 9.81. The van der Waals surface area contributed by atoms with Crippen LogP contribution in [0.5, 0.6) is 0 Å². The molecule has 0 saturated heterocycles. The first-order valence-electron chi connectivity index (χ1n) is 9.18. The summed E-state index contributed by atoms with van der Waals surface area (Å²) >= 11 is 0. The van der Waals surface area contributed by atoms with Crippen LogP contribution < -0.4 is 0 Å². The monoisotopic (exact) mass is 306 g/mol. The van der Waals surface area contributed by atoms with Crippen molar-refractivity contribution in [3.05, 3.63) is 0 Å². The number of rotatable bonds is 0. The second kappa shape index (κ2) is 4.59. The summed E-state index contributed by atoms with van der Waals surface area (Å²) in [5.74, 6) is 1.97. The third kappa shape index (κ3) is 1.79. The molecule has 0 aromatic rings. The van der Waals surface area contributed by atoms with Crippen molar-refractivity contribution in [1.29, 1.82) is 0 Å². The maximum Gasteiger partial charge on any atom is 0.139 e. The van der Waals surface area contributed by atoms with E-state index in [1.54, 1.807) is 0 Å². The van der Waals surface area contributed by atoms with Gasteiger partial charge in [-0.15, -0.1) is 0 Å². The fourth-order valence-electron chi connectivity index (χ4n) is 6.06. The van der Waals surface area contributed by atoms with Gasteiger partial charge in [0, 0.05) is 11.8 Å². The van der Waals surface area contributed by atoms with Crippen LogP contribution in [0.4, 0.5) is 0 Å². The molecule has 0 aromatic heterocycles. The Morgan fingerprint density at radius 3 is 1.68 bits per heavy atom. The molecular formula is C20H34O2. The van der Waals surface area contributed by atoms with Gasteiger partial charge in [-0.1, -0.05) is 41.5 Å². The summed E-state index contributed by atoms with van der Waals surface area (Å²) in [5.41, 5.74) is 0.909. The molecule has 4 aliphatic rings. The Labute approximate surface area is 136 Å². The van der Waals surface area contributed by atoms with E-state index in [1.165, 1.54) is 19.3 Å². The number of ketones is 1. The molecule has 0 radical (unpaired) electrons. The average Bonchev–Trinajstić information content (AvgIpc) is 2.91. The largest absolute Gasteiger partial charge is 0.393 e. The van der Waals surface area contributed by atoms with Gasteiger partial charge in [0.2, 0.25) is 0 Å². The molecule has 0 aliphatic heterocycles. The fraction of sp³-hybridized carbons (Fsp3) is 0.950. The van der Waals surface area contributed by atoms with Gasteiger partial charge in [-0.3, -0.25) is 4.79 Å². The highest BCUT2D eigenvalue weighted by molar-refractivity contribution is 5.89. The molecule has 0 amide bonds. The van der Waals surface area contributed by atoms with Gasteiger partial charge in [0.1, 0.15) is 5.78 Å². The van der Waals surface area contributed by atoms with Crippen molar-refractivity contribution in [3.8, 4) is 0 Å². The van der Waals surface area contributed by atoms with Gasteiger partial charge in [-0.2, -0.15) is 0 Å². The first kappa shape index (κ1) is 16.5. The summed E-state index contributed by atoms with van der Waals surface area (Å²) in [6.07, 6.45) is 6.83. The number of fused-ring (bicyclic) bond motifs is 4. The summed E-state index contributed by atoms with van der Waals surface area (Å²) in [4.78, 5) is 11.6. The number of hydrogen-bond donors (Lipinski definition) is 1. The predicted molar refractivity (Wildman–Crippen MR) is 89.5 cm³/mol. The zero-order valence-corrected chi connectivity index (χ0v) is 15.3. The Morgan fingerprint density at radius 2 is 1.50 bits per heavy atom. The van der Waals surface area contributed by atoms with Gasteiger partial charge in [0.15, 0.2) is 0 Å². The van der Waals surface area contributed by atoms with Gasteiger partial charge in [-0.25, -0.2) is 0 Å². The zero-order valence-electron chi connectivity index (χ0n) is 15.3. The molecule has 0 aromatic carbocycles. The first-order valence-corrected chi connectivity index (χ1v) is 9.18. The predicted octanol–water partition coefficient (Wildman–Crippen LogP) is 4.60. The van der Waals surface area contributed by atoms with Gasteiger partial charge in [0.25, 0.3) is 0 Å². The fourth-order valence-corrected chi connectivity index (χ4v) is 6.06. The molecule has 4 bridgehead atoms. The summed E-state index contributed by atoms with van der Waals surface area (Å²) in [6.45, 7) is 13.6. The van der Waals surface area contributed by atoms with Crippen molar-refractivity contribution in [2.45, 2.75) is 86.2 Å². The summed E-state index contributed by atoms with van der Waals surface area (Å²) in [6, 6.07) is 0. The Morgan fingerprint density at radius 1 is 0.909 bits per heavy atom. The lowest BCUT2D eigenvalue weighted by Gasteiger charge is -2.36. The SMILES string of the molecule is CC1(C)[C@@H]2CC[C@]1(C)[C@@H](O)C2.CC12CCC(CC1=O)C2(C)C. The molecule has 4 rings (SSSR count). The van der Waals surface area contributed by atoms with Crippen LogP contribution in [0.1, 0.15) is 80.1 Å². The lowest BCUT2D eigenvalue weighted by Crippen LogP contribution is -2.35. The number of carbonyl (C=O) groups excluding carboxylic acids is 1. The minimum absolute atomic E-state index is 0.0255. The second-order valence-corrected chi connectivity index (χ2v) is 10.0. The van der Waals surface area contributed by atoms with Gasteiger partial charge in [-0.05, 0) is 60.2 Å². The Hall–Kier alpha value is -0.370. The van der Waals surface area contributed by atoms with E-state index in [-0.39, 0.29) is 22.3 Å². The van der Waals surface area contributed by atoms with Gasteiger partial charge in [0.05, 0.1) is 6.10 Å². The molecule has 4 fully saturated rings. The number of hydrogen-bond acceptors (Lipinski definition) is 2. The molecule has 4 saturated carbocycles. The van der Waals surface area contributed by atoms with Crippen LogP contribution in [0.25, 0.3) is 0 Å². The maximum absolute atomic E-state index is 11.6. The van der Waals surface area contributed by atoms with Crippen molar-refractivity contribution in [3.63, 3.8) is 0 Å². The molecule has 22 heavy (non-hydrogen) atoms. The molecule has 4 aliphatic carbocycles. The van der Waals surface area contributed by atoms with E-state index >= 15 is 0 Å². The average molecular weight is 306 g/mol. The molecule has 2 heteroatoms. The van der Waals surface area contributed by atoms with Crippen LogP contribution >= 0.6 is 0 Å². The van der Waals surface area contributed by atoms with E-state index < -0.39 is 0 Å².